The zero-order chi connectivity index (χ0) is 26.9. The Morgan fingerprint density at radius 1 is 0.842 bits per heavy atom. The van der Waals surface area contributed by atoms with Gasteiger partial charge >= 0.3 is 11.6 Å². The minimum Gasteiger partial charge on any atom is -0.497 e. The van der Waals surface area contributed by atoms with Gasteiger partial charge in [0, 0.05) is 16.8 Å². The molecule has 1 unspecified atom stereocenters. The molecule has 0 spiro atoms. The number of sulfonamides is 1. The summed E-state index contributed by atoms with van der Waals surface area (Å²) in [6.07, 6.45) is 0. The SMILES string of the molecule is COc1ccc2c(c1)c(=O)oc1cc(OC(=O)C(NS(=O)(=O)c3ccc(C)cc3)c3ccccc3)ccc12. The molecule has 5 rings (SSSR count). The Kier molecular flexibility index (Phi) is 6.71. The van der Waals surface area contributed by atoms with Crippen molar-refractivity contribution in [1.82, 2.24) is 4.72 Å². The van der Waals surface area contributed by atoms with Crippen molar-refractivity contribution in [2.75, 3.05) is 7.11 Å². The van der Waals surface area contributed by atoms with Gasteiger partial charge in [-0.25, -0.2) is 18.0 Å². The molecular formula is C29H23NO7S. The Balaban J connectivity index is 1.48. The molecule has 0 radical (unpaired) electrons. The molecule has 0 aliphatic heterocycles. The number of ether oxygens (including phenoxy) is 2. The van der Waals surface area contributed by atoms with Gasteiger partial charge in [-0.05, 0) is 55.0 Å². The molecule has 0 saturated carbocycles. The highest BCUT2D eigenvalue weighted by Gasteiger charge is 2.29. The van der Waals surface area contributed by atoms with Crippen LogP contribution in [0.1, 0.15) is 17.2 Å². The second kappa shape index (κ2) is 10.1. The summed E-state index contributed by atoms with van der Waals surface area (Å²) in [6, 6.07) is 23.1. The first kappa shape index (κ1) is 25.2. The highest BCUT2D eigenvalue weighted by molar-refractivity contribution is 7.89. The summed E-state index contributed by atoms with van der Waals surface area (Å²) in [4.78, 5) is 25.9. The molecule has 1 N–H and O–H groups in total. The summed E-state index contributed by atoms with van der Waals surface area (Å²) in [6.45, 7) is 1.85. The zero-order valence-corrected chi connectivity index (χ0v) is 21.3. The van der Waals surface area contributed by atoms with E-state index in [4.69, 9.17) is 13.9 Å². The van der Waals surface area contributed by atoms with E-state index in [0.29, 0.717) is 27.5 Å². The topological polar surface area (TPSA) is 112 Å². The highest BCUT2D eigenvalue weighted by Crippen LogP contribution is 2.29. The molecule has 9 heteroatoms. The van der Waals surface area contributed by atoms with Crippen LogP contribution in [-0.4, -0.2) is 21.5 Å². The Labute approximate surface area is 218 Å². The van der Waals surface area contributed by atoms with Crippen LogP contribution in [0.3, 0.4) is 0 Å². The molecule has 1 heterocycles. The van der Waals surface area contributed by atoms with Crippen LogP contribution in [0.5, 0.6) is 11.5 Å². The lowest BCUT2D eigenvalue weighted by Crippen LogP contribution is -2.36. The average molecular weight is 530 g/mol. The van der Waals surface area contributed by atoms with Crippen molar-refractivity contribution in [3.63, 3.8) is 0 Å². The molecule has 4 aromatic carbocycles. The van der Waals surface area contributed by atoms with Crippen LogP contribution in [0.25, 0.3) is 21.7 Å². The molecule has 38 heavy (non-hydrogen) atoms. The molecule has 0 saturated heterocycles. The van der Waals surface area contributed by atoms with Gasteiger partial charge in [-0.15, -0.1) is 0 Å². The number of hydrogen-bond acceptors (Lipinski definition) is 7. The third-order valence-corrected chi connectivity index (χ3v) is 7.52. The molecule has 0 bridgehead atoms. The lowest BCUT2D eigenvalue weighted by atomic mass is 10.1. The standard InChI is InChI=1S/C29H23NO7S/c1-18-8-12-22(13-9-18)38(33,34)30-27(19-6-4-3-5-7-19)29(32)36-21-11-15-24-23-14-10-20(35-2)16-25(23)28(31)37-26(24)17-21/h3-17,27,30H,1-2H3. The first-order valence-electron chi connectivity index (χ1n) is 11.7. The van der Waals surface area contributed by atoms with E-state index in [9.17, 15) is 18.0 Å². The Morgan fingerprint density at radius 3 is 2.24 bits per heavy atom. The van der Waals surface area contributed by atoms with E-state index in [1.165, 1.54) is 25.3 Å². The number of esters is 1. The van der Waals surface area contributed by atoms with Crippen molar-refractivity contribution in [3.05, 3.63) is 113 Å². The van der Waals surface area contributed by atoms with Gasteiger partial charge in [0.05, 0.1) is 17.4 Å². The fourth-order valence-corrected chi connectivity index (χ4v) is 5.27. The second-order valence-electron chi connectivity index (χ2n) is 8.66. The number of fused-ring (bicyclic) bond motifs is 3. The van der Waals surface area contributed by atoms with Crippen LogP contribution in [-0.2, 0) is 14.8 Å². The van der Waals surface area contributed by atoms with Crippen molar-refractivity contribution in [2.24, 2.45) is 0 Å². The van der Waals surface area contributed by atoms with E-state index in [1.54, 1.807) is 72.8 Å². The van der Waals surface area contributed by atoms with Crippen molar-refractivity contribution in [3.8, 4) is 11.5 Å². The molecule has 0 aliphatic rings. The van der Waals surface area contributed by atoms with Crippen molar-refractivity contribution in [1.29, 1.82) is 0 Å². The molecule has 0 aliphatic carbocycles. The number of carbonyl (C=O) groups is 1. The van der Waals surface area contributed by atoms with E-state index in [2.05, 4.69) is 4.72 Å². The fourth-order valence-electron chi connectivity index (χ4n) is 4.10. The van der Waals surface area contributed by atoms with Crippen LogP contribution < -0.4 is 19.8 Å². The maximum Gasteiger partial charge on any atom is 0.344 e. The van der Waals surface area contributed by atoms with Gasteiger partial charge in [0.2, 0.25) is 10.0 Å². The molecule has 1 atom stereocenters. The molecule has 5 aromatic rings. The molecule has 192 valence electrons. The van der Waals surface area contributed by atoms with Gasteiger partial charge in [0.15, 0.2) is 0 Å². The second-order valence-corrected chi connectivity index (χ2v) is 10.4. The molecule has 8 nitrogen and oxygen atoms in total. The van der Waals surface area contributed by atoms with E-state index < -0.39 is 27.7 Å². The normalized spacial score (nSPS) is 12.4. The number of aryl methyl sites for hydroxylation is 1. The Morgan fingerprint density at radius 2 is 1.53 bits per heavy atom. The Bertz CT molecular complexity index is 1810. The number of methoxy groups -OCH3 is 1. The summed E-state index contributed by atoms with van der Waals surface area (Å²) in [5.74, 6) is -0.233. The molecule has 0 fully saturated rings. The van der Waals surface area contributed by atoms with Crippen LogP contribution >= 0.6 is 0 Å². The van der Waals surface area contributed by atoms with Crippen molar-refractivity contribution in [2.45, 2.75) is 17.9 Å². The summed E-state index contributed by atoms with van der Waals surface area (Å²) in [5.41, 5.74) is 0.954. The lowest BCUT2D eigenvalue weighted by Gasteiger charge is -2.18. The van der Waals surface area contributed by atoms with E-state index in [1.807, 2.05) is 6.92 Å². The summed E-state index contributed by atoms with van der Waals surface area (Å²) in [5, 5.41) is 1.65. The first-order valence-corrected chi connectivity index (χ1v) is 13.1. The molecular weight excluding hydrogens is 506 g/mol. The van der Waals surface area contributed by atoms with Crippen LogP contribution in [0.15, 0.2) is 105 Å². The van der Waals surface area contributed by atoms with E-state index in [-0.39, 0.29) is 16.2 Å². The monoisotopic (exact) mass is 529 g/mol. The molecule has 0 amide bonds. The average Bonchev–Trinajstić information content (AvgIpc) is 2.92. The Hall–Kier alpha value is -4.47. The maximum absolute atomic E-state index is 13.3. The van der Waals surface area contributed by atoms with Crippen LogP contribution in [0.2, 0.25) is 0 Å². The van der Waals surface area contributed by atoms with Gasteiger partial charge in [-0.3, -0.25) is 0 Å². The maximum atomic E-state index is 13.3. The van der Waals surface area contributed by atoms with Gasteiger partial charge in [0.25, 0.3) is 0 Å². The lowest BCUT2D eigenvalue weighted by molar-refractivity contribution is -0.136. The first-order chi connectivity index (χ1) is 18.2. The predicted octanol–water partition coefficient (Wildman–Crippen LogP) is 4.89. The minimum atomic E-state index is -4.05. The van der Waals surface area contributed by atoms with E-state index in [0.717, 1.165) is 5.56 Å². The predicted molar refractivity (Wildman–Crippen MR) is 143 cm³/mol. The smallest absolute Gasteiger partial charge is 0.344 e. The number of carbonyl (C=O) groups excluding carboxylic acids is 1. The van der Waals surface area contributed by atoms with Crippen molar-refractivity contribution < 1.29 is 27.1 Å². The van der Waals surface area contributed by atoms with Crippen molar-refractivity contribution >= 4 is 37.7 Å². The van der Waals surface area contributed by atoms with Crippen LogP contribution in [0, 0.1) is 6.92 Å². The summed E-state index contributed by atoms with van der Waals surface area (Å²) in [7, 11) is -2.55. The largest absolute Gasteiger partial charge is 0.497 e. The number of nitrogens with one attached hydrogen (secondary N) is 1. The van der Waals surface area contributed by atoms with Gasteiger partial charge in [-0.2, -0.15) is 4.72 Å². The van der Waals surface area contributed by atoms with Gasteiger partial charge < -0.3 is 13.9 Å². The zero-order valence-electron chi connectivity index (χ0n) is 20.5. The molecule has 1 aromatic heterocycles. The third kappa shape index (κ3) is 5.02. The van der Waals surface area contributed by atoms with Gasteiger partial charge in [0.1, 0.15) is 23.1 Å². The summed E-state index contributed by atoms with van der Waals surface area (Å²) < 4.78 is 44.9. The minimum absolute atomic E-state index is 0.0211. The highest BCUT2D eigenvalue weighted by atomic mass is 32.2. The van der Waals surface area contributed by atoms with Crippen LogP contribution in [0.4, 0.5) is 0 Å². The fraction of sp³-hybridized carbons (Fsp3) is 0.103. The number of hydrogen-bond donors (Lipinski definition) is 1. The third-order valence-electron chi connectivity index (χ3n) is 6.08. The van der Waals surface area contributed by atoms with Gasteiger partial charge in [-0.1, -0.05) is 48.0 Å². The van der Waals surface area contributed by atoms with E-state index >= 15 is 0 Å². The quantitative estimate of drug-likeness (QED) is 0.138. The number of benzene rings is 4. The summed E-state index contributed by atoms with van der Waals surface area (Å²) >= 11 is 0. The number of rotatable bonds is 7.